The Labute approximate surface area is 199 Å². The molecule has 0 atom stereocenters. The molecule has 1 aliphatic rings. The minimum atomic E-state index is -0.168. The fourth-order valence-electron chi connectivity index (χ4n) is 3.90. The molecule has 0 bridgehead atoms. The van der Waals surface area contributed by atoms with Crippen LogP contribution >= 0.6 is 11.3 Å². The van der Waals surface area contributed by atoms with Crippen molar-refractivity contribution in [1.82, 2.24) is 20.1 Å². The number of hydrogen-bond donors (Lipinski definition) is 1. The molecule has 1 saturated heterocycles. The molecule has 1 N–H and O–H groups in total. The summed E-state index contributed by atoms with van der Waals surface area (Å²) in [5, 5.41) is 10.6. The summed E-state index contributed by atoms with van der Waals surface area (Å²) < 4.78 is 7.42. The number of aromatic nitrogens is 3. The van der Waals surface area contributed by atoms with Crippen molar-refractivity contribution < 1.29 is 9.53 Å². The molecule has 1 aliphatic heterocycles. The van der Waals surface area contributed by atoms with E-state index in [1.807, 2.05) is 34.5 Å². The van der Waals surface area contributed by atoms with Crippen molar-refractivity contribution in [3.8, 4) is 10.6 Å². The van der Waals surface area contributed by atoms with Gasteiger partial charge in [0, 0.05) is 25.1 Å². The van der Waals surface area contributed by atoms with Crippen LogP contribution in [0.25, 0.3) is 22.7 Å². The van der Waals surface area contributed by atoms with E-state index in [1.165, 1.54) is 0 Å². The standard InChI is InChI=1S/C26H32N4O2S/c1-26(2,3)30-23(10-9-19-7-5-4-6-8-19)22(17-28-30)25-29-21(18-33-25)15-24(31)27-16-20-11-13-32-14-12-20/h4-10,17-18,20H,11-16H2,1-3H3,(H,27,31). The van der Waals surface area contributed by atoms with Gasteiger partial charge in [-0.2, -0.15) is 5.10 Å². The van der Waals surface area contributed by atoms with Crippen molar-refractivity contribution in [2.24, 2.45) is 5.92 Å². The average Bonchev–Trinajstić information content (AvgIpc) is 3.44. The molecule has 3 aromatic rings. The number of thiazole rings is 1. The zero-order chi connectivity index (χ0) is 23.3. The van der Waals surface area contributed by atoms with E-state index in [4.69, 9.17) is 9.72 Å². The molecule has 1 amide bonds. The summed E-state index contributed by atoms with van der Waals surface area (Å²) in [7, 11) is 0. The van der Waals surface area contributed by atoms with Gasteiger partial charge in [-0.1, -0.05) is 36.4 Å². The molecule has 33 heavy (non-hydrogen) atoms. The highest BCUT2D eigenvalue weighted by Gasteiger charge is 2.22. The predicted molar refractivity (Wildman–Crippen MR) is 134 cm³/mol. The van der Waals surface area contributed by atoms with E-state index in [1.54, 1.807) is 11.3 Å². The molecule has 1 fully saturated rings. The summed E-state index contributed by atoms with van der Waals surface area (Å²) in [5.74, 6) is 0.531. The molecule has 174 valence electrons. The number of amides is 1. The Morgan fingerprint density at radius 3 is 2.70 bits per heavy atom. The lowest BCUT2D eigenvalue weighted by atomic mass is 10.0. The number of benzene rings is 1. The van der Waals surface area contributed by atoms with E-state index >= 15 is 0 Å². The molecule has 4 rings (SSSR count). The van der Waals surface area contributed by atoms with Gasteiger partial charge in [0.2, 0.25) is 5.91 Å². The molecule has 3 heterocycles. The van der Waals surface area contributed by atoms with Gasteiger partial charge in [-0.25, -0.2) is 4.98 Å². The molecule has 2 aromatic heterocycles. The molecule has 0 unspecified atom stereocenters. The number of nitrogens with zero attached hydrogens (tertiary/aromatic N) is 3. The van der Waals surface area contributed by atoms with Crippen LogP contribution in [0.5, 0.6) is 0 Å². The average molecular weight is 465 g/mol. The Morgan fingerprint density at radius 1 is 1.21 bits per heavy atom. The highest BCUT2D eigenvalue weighted by atomic mass is 32.1. The van der Waals surface area contributed by atoms with Crippen molar-refractivity contribution >= 4 is 29.4 Å². The topological polar surface area (TPSA) is 69.0 Å². The van der Waals surface area contributed by atoms with E-state index in [0.29, 0.717) is 18.9 Å². The third-order valence-electron chi connectivity index (χ3n) is 5.73. The van der Waals surface area contributed by atoms with Gasteiger partial charge in [0.1, 0.15) is 5.01 Å². The predicted octanol–water partition coefficient (Wildman–Crippen LogP) is 5.02. The lowest BCUT2D eigenvalue weighted by Gasteiger charge is -2.22. The minimum Gasteiger partial charge on any atom is -0.381 e. The highest BCUT2D eigenvalue weighted by Crippen LogP contribution is 2.31. The number of rotatable bonds is 7. The molecule has 1 aromatic carbocycles. The summed E-state index contributed by atoms with van der Waals surface area (Å²) in [6.45, 7) is 8.71. The van der Waals surface area contributed by atoms with Crippen LogP contribution in [0.15, 0.2) is 41.9 Å². The summed E-state index contributed by atoms with van der Waals surface area (Å²) in [6, 6.07) is 10.2. The molecule has 0 saturated carbocycles. The van der Waals surface area contributed by atoms with Crippen LogP contribution < -0.4 is 5.32 Å². The first-order valence-corrected chi connectivity index (χ1v) is 12.4. The number of nitrogens with one attached hydrogen (secondary N) is 1. The van der Waals surface area contributed by atoms with Crippen LogP contribution in [-0.2, 0) is 21.5 Å². The molecule has 7 heteroatoms. The molecular weight excluding hydrogens is 432 g/mol. The molecule has 0 aliphatic carbocycles. The maximum atomic E-state index is 12.5. The normalized spacial score (nSPS) is 15.2. The zero-order valence-corrected chi connectivity index (χ0v) is 20.4. The summed E-state index contributed by atoms with van der Waals surface area (Å²) in [5.41, 5.74) is 3.75. The van der Waals surface area contributed by atoms with E-state index in [2.05, 4.69) is 55.5 Å². The van der Waals surface area contributed by atoms with Gasteiger partial charge in [-0.05, 0) is 51.2 Å². The van der Waals surface area contributed by atoms with E-state index in [-0.39, 0.29) is 11.4 Å². The lowest BCUT2D eigenvalue weighted by molar-refractivity contribution is -0.120. The number of carbonyl (C=O) groups excluding carboxylic acids is 1. The second-order valence-corrected chi connectivity index (χ2v) is 10.3. The largest absolute Gasteiger partial charge is 0.381 e. The number of ether oxygens (including phenoxy) is 1. The maximum Gasteiger partial charge on any atom is 0.226 e. The molecule has 0 radical (unpaired) electrons. The van der Waals surface area contributed by atoms with Crippen LogP contribution in [0, 0.1) is 5.92 Å². The molecule has 6 nitrogen and oxygen atoms in total. The third-order valence-corrected chi connectivity index (χ3v) is 6.65. The Hall–Kier alpha value is -2.77. The van der Waals surface area contributed by atoms with Gasteiger partial charge in [0.25, 0.3) is 0 Å². The van der Waals surface area contributed by atoms with Gasteiger partial charge >= 0.3 is 0 Å². The Morgan fingerprint density at radius 2 is 1.97 bits per heavy atom. The van der Waals surface area contributed by atoms with Crippen molar-refractivity contribution in [2.45, 2.75) is 45.6 Å². The van der Waals surface area contributed by atoms with E-state index in [0.717, 1.165) is 53.6 Å². The van der Waals surface area contributed by atoms with Crippen LogP contribution in [0.1, 0.15) is 50.6 Å². The van der Waals surface area contributed by atoms with Crippen LogP contribution in [-0.4, -0.2) is 40.4 Å². The van der Waals surface area contributed by atoms with Crippen molar-refractivity contribution in [3.63, 3.8) is 0 Å². The summed E-state index contributed by atoms with van der Waals surface area (Å²) >= 11 is 1.56. The fourth-order valence-corrected chi connectivity index (χ4v) is 4.74. The summed E-state index contributed by atoms with van der Waals surface area (Å²) in [6.07, 6.45) is 8.40. The fraction of sp³-hybridized carbons (Fsp3) is 0.423. The maximum absolute atomic E-state index is 12.5. The second-order valence-electron chi connectivity index (χ2n) is 9.45. The lowest BCUT2D eigenvalue weighted by Crippen LogP contribution is -2.33. The van der Waals surface area contributed by atoms with Crippen LogP contribution in [0.3, 0.4) is 0 Å². The zero-order valence-electron chi connectivity index (χ0n) is 19.6. The van der Waals surface area contributed by atoms with Crippen molar-refractivity contribution in [3.05, 3.63) is 58.9 Å². The van der Waals surface area contributed by atoms with Gasteiger partial charge < -0.3 is 10.1 Å². The second kappa shape index (κ2) is 10.4. The number of carbonyl (C=O) groups is 1. The van der Waals surface area contributed by atoms with Crippen LogP contribution in [0.4, 0.5) is 0 Å². The van der Waals surface area contributed by atoms with Gasteiger partial charge in [-0.3, -0.25) is 9.48 Å². The van der Waals surface area contributed by atoms with E-state index in [9.17, 15) is 4.79 Å². The Balaban J connectivity index is 1.49. The first-order valence-electron chi connectivity index (χ1n) is 11.5. The van der Waals surface area contributed by atoms with Gasteiger partial charge in [-0.15, -0.1) is 11.3 Å². The first-order chi connectivity index (χ1) is 15.9. The smallest absolute Gasteiger partial charge is 0.226 e. The minimum absolute atomic E-state index is 0.0212. The third kappa shape index (κ3) is 6.18. The van der Waals surface area contributed by atoms with Crippen LogP contribution in [0.2, 0.25) is 0 Å². The van der Waals surface area contributed by atoms with Crippen molar-refractivity contribution in [1.29, 1.82) is 0 Å². The number of hydrogen-bond acceptors (Lipinski definition) is 5. The highest BCUT2D eigenvalue weighted by molar-refractivity contribution is 7.13. The molecule has 0 spiro atoms. The molecular formula is C26H32N4O2S. The summed E-state index contributed by atoms with van der Waals surface area (Å²) in [4.78, 5) is 17.2. The van der Waals surface area contributed by atoms with Gasteiger partial charge in [0.05, 0.1) is 35.1 Å². The first kappa shape index (κ1) is 23.4. The quantitative estimate of drug-likeness (QED) is 0.533. The Bertz CT molecular complexity index is 1090. The van der Waals surface area contributed by atoms with Crippen molar-refractivity contribution in [2.75, 3.05) is 19.8 Å². The van der Waals surface area contributed by atoms with E-state index < -0.39 is 0 Å². The monoisotopic (exact) mass is 464 g/mol. The van der Waals surface area contributed by atoms with Gasteiger partial charge in [0.15, 0.2) is 0 Å². The Kier molecular flexibility index (Phi) is 7.40. The SMILES string of the molecule is CC(C)(C)n1ncc(-c2nc(CC(=O)NCC3CCOCC3)cs2)c1C=Cc1ccccc1.